The number of benzene rings is 1. The minimum absolute atomic E-state index is 0.0850. The summed E-state index contributed by atoms with van der Waals surface area (Å²) in [6.45, 7) is 3.91. The summed E-state index contributed by atoms with van der Waals surface area (Å²) in [7, 11) is 0. The number of amides is 1. The van der Waals surface area contributed by atoms with Crippen molar-refractivity contribution in [2.45, 2.75) is 32.9 Å². The monoisotopic (exact) mass is 272 g/mol. The SMILES string of the molecule is CC(=O)NCc1cc(-c2ccc3c(c2)CC(C)O3)on1. The van der Waals surface area contributed by atoms with Gasteiger partial charge in [0.05, 0.1) is 6.54 Å². The van der Waals surface area contributed by atoms with E-state index < -0.39 is 0 Å². The van der Waals surface area contributed by atoms with Gasteiger partial charge >= 0.3 is 0 Å². The molecular weight excluding hydrogens is 256 g/mol. The molecular formula is C15H16N2O3. The Morgan fingerprint density at radius 2 is 2.30 bits per heavy atom. The van der Waals surface area contributed by atoms with Gasteiger partial charge in [-0.1, -0.05) is 5.16 Å². The fourth-order valence-corrected chi connectivity index (χ4v) is 2.32. The zero-order valence-corrected chi connectivity index (χ0v) is 11.5. The summed E-state index contributed by atoms with van der Waals surface area (Å²) in [6.07, 6.45) is 1.14. The Balaban J connectivity index is 1.80. The third-order valence-corrected chi connectivity index (χ3v) is 3.26. The molecule has 0 bridgehead atoms. The average Bonchev–Trinajstić information content (AvgIpc) is 3.00. The number of rotatable bonds is 3. The molecule has 0 radical (unpaired) electrons. The molecule has 0 fully saturated rings. The summed E-state index contributed by atoms with van der Waals surface area (Å²) in [5.74, 6) is 1.56. The number of hydrogen-bond acceptors (Lipinski definition) is 4. The highest BCUT2D eigenvalue weighted by atomic mass is 16.5. The van der Waals surface area contributed by atoms with Crippen LogP contribution in [-0.4, -0.2) is 17.2 Å². The lowest BCUT2D eigenvalue weighted by atomic mass is 10.1. The van der Waals surface area contributed by atoms with E-state index in [4.69, 9.17) is 9.26 Å². The molecule has 1 aromatic heterocycles. The molecule has 5 heteroatoms. The molecule has 1 aliphatic heterocycles. The summed E-state index contributed by atoms with van der Waals surface area (Å²) in [4.78, 5) is 10.9. The third-order valence-electron chi connectivity index (χ3n) is 3.26. The Bertz CT molecular complexity index is 648. The van der Waals surface area contributed by atoms with Gasteiger partial charge in [0.2, 0.25) is 5.91 Å². The number of carbonyl (C=O) groups excluding carboxylic acids is 1. The normalized spacial score (nSPS) is 16.6. The largest absolute Gasteiger partial charge is 0.490 e. The van der Waals surface area contributed by atoms with E-state index in [2.05, 4.69) is 23.5 Å². The van der Waals surface area contributed by atoms with E-state index in [9.17, 15) is 4.79 Å². The molecule has 0 spiro atoms. The highest BCUT2D eigenvalue weighted by Crippen LogP contribution is 2.32. The van der Waals surface area contributed by atoms with Crippen LogP contribution >= 0.6 is 0 Å². The second-order valence-corrected chi connectivity index (χ2v) is 5.05. The van der Waals surface area contributed by atoms with E-state index >= 15 is 0 Å². The second-order valence-electron chi connectivity index (χ2n) is 5.05. The van der Waals surface area contributed by atoms with Crippen LogP contribution in [0.25, 0.3) is 11.3 Å². The van der Waals surface area contributed by atoms with E-state index in [1.807, 2.05) is 18.2 Å². The second kappa shape index (κ2) is 5.00. The van der Waals surface area contributed by atoms with Gasteiger partial charge in [0, 0.05) is 25.0 Å². The van der Waals surface area contributed by atoms with Crippen molar-refractivity contribution in [2.75, 3.05) is 0 Å². The van der Waals surface area contributed by atoms with Gasteiger partial charge in [0.25, 0.3) is 0 Å². The van der Waals surface area contributed by atoms with Crippen molar-refractivity contribution in [3.8, 4) is 17.1 Å². The first-order valence-corrected chi connectivity index (χ1v) is 6.62. The van der Waals surface area contributed by atoms with Crippen LogP contribution in [-0.2, 0) is 17.8 Å². The quantitative estimate of drug-likeness (QED) is 0.931. The summed E-state index contributed by atoms with van der Waals surface area (Å²) in [5, 5.41) is 6.64. The van der Waals surface area contributed by atoms with E-state index in [1.54, 1.807) is 0 Å². The number of ether oxygens (including phenoxy) is 1. The fourth-order valence-electron chi connectivity index (χ4n) is 2.32. The van der Waals surface area contributed by atoms with Gasteiger partial charge in [-0.3, -0.25) is 4.79 Å². The molecule has 3 rings (SSSR count). The summed E-state index contributed by atoms with van der Waals surface area (Å²) in [6, 6.07) is 7.84. The van der Waals surface area contributed by atoms with Crippen LogP contribution in [0.5, 0.6) is 5.75 Å². The Morgan fingerprint density at radius 3 is 3.10 bits per heavy atom. The van der Waals surface area contributed by atoms with Gasteiger partial charge in [-0.2, -0.15) is 0 Å². The first-order chi connectivity index (χ1) is 9.61. The summed E-state index contributed by atoms with van der Waals surface area (Å²) >= 11 is 0. The van der Waals surface area contributed by atoms with E-state index in [0.717, 1.165) is 17.7 Å². The van der Waals surface area contributed by atoms with Crippen molar-refractivity contribution in [2.24, 2.45) is 0 Å². The van der Waals surface area contributed by atoms with E-state index in [-0.39, 0.29) is 12.0 Å². The standard InChI is InChI=1S/C15H16N2O3/c1-9-5-12-6-11(3-4-14(12)19-9)15-7-13(17-20-15)8-16-10(2)18/h3-4,6-7,9H,5,8H2,1-2H3,(H,16,18). The average molecular weight is 272 g/mol. The lowest BCUT2D eigenvalue weighted by molar-refractivity contribution is -0.119. The highest BCUT2D eigenvalue weighted by molar-refractivity contribution is 5.72. The van der Waals surface area contributed by atoms with Crippen LogP contribution in [0.3, 0.4) is 0 Å². The first kappa shape index (κ1) is 12.7. The molecule has 0 saturated heterocycles. The van der Waals surface area contributed by atoms with Crippen molar-refractivity contribution in [1.82, 2.24) is 10.5 Å². The minimum Gasteiger partial charge on any atom is -0.490 e. The number of nitrogens with zero attached hydrogens (tertiary/aromatic N) is 1. The predicted octanol–water partition coefficient (Wildman–Crippen LogP) is 2.30. The van der Waals surface area contributed by atoms with Gasteiger partial charge < -0.3 is 14.6 Å². The molecule has 1 N–H and O–H groups in total. The van der Waals surface area contributed by atoms with Crippen molar-refractivity contribution >= 4 is 5.91 Å². The lowest BCUT2D eigenvalue weighted by Gasteiger charge is -2.02. The molecule has 5 nitrogen and oxygen atoms in total. The van der Waals surface area contributed by atoms with Crippen molar-refractivity contribution in [3.63, 3.8) is 0 Å². The minimum atomic E-state index is -0.0850. The van der Waals surface area contributed by atoms with Crippen molar-refractivity contribution in [3.05, 3.63) is 35.5 Å². The Kier molecular flexibility index (Phi) is 3.18. The molecule has 0 saturated carbocycles. The number of fused-ring (bicyclic) bond motifs is 1. The number of hydrogen-bond donors (Lipinski definition) is 1. The van der Waals surface area contributed by atoms with Gasteiger partial charge in [0.15, 0.2) is 5.76 Å². The fraction of sp³-hybridized carbons (Fsp3) is 0.333. The summed E-state index contributed by atoms with van der Waals surface area (Å²) < 4.78 is 11.0. The smallest absolute Gasteiger partial charge is 0.217 e. The van der Waals surface area contributed by atoms with Crippen LogP contribution < -0.4 is 10.1 Å². The Hall–Kier alpha value is -2.30. The third kappa shape index (κ3) is 2.52. The van der Waals surface area contributed by atoms with Crippen LogP contribution in [0.4, 0.5) is 0 Å². The maximum atomic E-state index is 10.9. The van der Waals surface area contributed by atoms with Crippen molar-refractivity contribution < 1.29 is 14.1 Å². The van der Waals surface area contributed by atoms with Crippen LogP contribution in [0.2, 0.25) is 0 Å². The van der Waals surface area contributed by atoms with Crippen molar-refractivity contribution in [1.29, 1.82) is 0 Å². The van der Waals surface area contributed by atoms with Gasteiger partial charge in [-0.05, 0) is 30.7 Å². The molecule has 0 aliphatic carbocycles. The van der Waals surface area contributed by atoms with Gasteiger partial charge in [-0.15, -0.1) is 0 Å². The number of nitrogens with one attached hydrogen (secondary N) is 1. The number of aromatic nitrogens is 1. The maximum Gasteiger partial charge on any atom is 0.217 e. The van der Waals surface area contributed by atoms with E-state index in [0.29, 0.717) is 18.0 Å². The molecule has 1 atom stereocenters. The molecule has 1 amide bonds. The van der Waals surface area contributed by atoms with Gasteiger partial charge in [0.1, 0.15) is 17.5 Å². The van der Waals surface area contributed by atoms with Crippen LogP contribution in [0, 0.1) is 0 Å². The highest BCUT2D eigenvalue weighted by Gasteiger charge is 2.20. The Morgan fingerprint density at radius 1 is 1.45 bits per heavy atom. The summed E-state index contributed by atoms with van der Waals surface area (Å²) in [5.41, 5.74) is 2.87. The zero-order valence-electron chi connectivity index (χ0n) is 11.5. The lowest BCUT2D eigenvalue weighted by Crippen LogP contribution is -2.18. The first-order valence-electron chi connectivity index (χ1n) is 6.62. The topological polar surface area (TPSA) is 64.4 Å². The van der Waals surface area contributed by atoms with Gasteiger partial charge in [-0.25, -0.2) is 0 Å². The van der Waals surface area contributed by atoms with E-state index in [1.165, 1.54) is 12.5 Å². The maximum absolute atomic E-state index is 10.9. The molecule has 1 aliphatic rings. The predicted molar refractivity (Wildman–Crippen MR) is 73.3 cm³/mol. The molecule has 2 heterocycles. The molecule has 104 valence electrons. The van der Waals surface area contributed by atoms with Crippen LogP contribution in [0.1, 0.15) is 25.1 Å². The molecule has 20 heavy (non-hydrogen) atoms. The Labute approximate surface area is 116 Å². The van der Waals surface area contributed by atoms with Crippen LogP contribution in [0.15, 0.2) is 28.8 Å². The number of carbonyl (C=O) groups is 1. The molecule has 1 aromatic carbocycles. The molecule has 1 unspecified atom stereocenters. The molecule has 2 aromatic rings. The zero-order chi connectivity index (χ0) is 14.1.